The van der Waals surface area contributed by atoms with Crippen molar-refractivity contribution >= 4 is 40.0 Å². The van der Waals surface area contributed by atoms with Gasteiger partial charge in [0.25, 0.3) is 11.4 Å². The minimum atomic E-state index is -4.97. The number of nitro groups is 2. The first-order valence-corrected chi connectivity index (χ1v) is 9.80. The Morgan fingerprint density at radius 3 is 2.29 bits per heavy atom. The van der Waals surface area contributed by atoms with E-state index < -0.39 is 38.6 Å². The third-order valence-electron chi connectivity index (χ3n) is 4.12. The van der Waals surface area contributed by atoms with Crippen LogP contribution in [0.2, 0.25) is 5.02 Å². The first-order valence-electron chi connectivity index (χ1n) is 8.54. The fraction of sp³-hybridized carbons (Fsp3) is 0.167. The van der Waals surface area contributed by atoms with Gasteiger partial charge in [0.15, 0.2) is 5.69 Å². The van der Waals surface area contributed by atoms with E-state index in [0.717, 1.165) is 5.56 Å². The summed E-state index contributed by atoms with van der Waals surface area (Å²) in [4.78, 5) is 24.7. The molecular formula is C18H12ClF3N4O4S. The normalized spacial score (nSPS) is 11.4. The molecule has 1 aromatic heterocycles. The molecule has 0 aliphatic rings. The minimum absolute atomic E-state index is 0.0221. The lowest BCUT2D eigenvalue weighted by Crippen LogP contribution is -2.12. The molecule has 0 aliphatic carbocycles. The lowest BCUT2D eigenvalue weighted by Gasteiger charge is -2.11. The number of thiazole rings is 1. The Bertz CT molecular complexity index is 1120. The molecule has 0 atom stereocenters. The third-order valence-corrected chi connectivity index (χ3v) is 5.30. The van der Waals surface area contributed by atoms with Crippen molar-refractivity contribution in [2.45, 2.75) is 12.6 Å². The summed E-state index contributed by atoms with van der Waals surface area (Å²) in [7, 11) is 0. The molecule has 0 unspecified atom stereocenters. The Hall–Kier alpha value is -3.25. The van der Waals surface area contributed by atoms with Gasteiger partial charge in [-0.1, -0.05) is 23.7 Å². The fourth-order valence-corrected chi connectivity index (χ4v) is 3.78. The van der Waals surface area contributed by atoms with E-state index in [4.69, 9.17) is 11.6 Å². The molecule has 8 nitrogen and oxygen atoms in total. The SMILES string of the molecule is O=[N+]([O-])c1cc(C(F)(F)F)cc([N+](=O)[O-])c1NCCc1csc(-c2cccc(Cl)c2)n1. The number of hydrogen-bond acceptors (Lipinski definition) is 7. The molecule has 1 heterocycles. The molecule has 31 heavy (non-hydrogen) atoms. The van der Waals surface area contributed by atoms with Crippen LogP contribution in [-0.2, 0) is 12.6 Å². The van der Waals surface area contributed by atoms with E-state index in [1.807, 2.05) is 6.07 Å². The molecule has 3 rings (SSSR count). The summed E-state index contributed by atoms with van der Waals surface area (Å²) in [5.41, 5.74) is -2.72. The Morgan fingerprint density at radius 2 is 1.74 bits per heavy atom. The van der Waals surface area contributed by atoms with Gasteiger partial charge in [-0.25, -0.2) is 4.98 Å². The van der Waals surface area contributed by atoms with Crippen molar-refractivity contribution in [1.82, 2.24) is 4.98 Å². The molecule has 0 saturated heterocycles. The van der Waals surface area contributed by atoms with Crippen LogP contribution in [0.4, 0.5) is 30.2 Å². The number of benzene rings is 2. The van der Waals surface area contributed by atoms with Crippen molar-refractivity contribution in [3.05, 3.63) is 78.3 Å². The highest BCUT2D eigenvalue weighted by Crippen LogP contribution is 2.41. The summed E-state index contributed by atoms with van der Waals surface area (Å²) in [6, 6.07) is 7.58. The Balaban J connectivity index is 1.82. The molecule has 0 aliphatic heterocycles. The van der Waals surface area contributed by atoms with E-state index in [0.29, 0.717) is 15.7 Å². The Kier molecular flexibility index (Phi) is 6.41. The van der Waals surface area contributed by atoms with Gasteiger partial charge in [-0.3, -0.25) is 20.2 Å². The molecule has 0 radical (unpaired) electrons. The van der Waals surface area contributed by atoms with Gasteiger partial charge in [-0.05, 0) is 12.1 Å². The van der Waals surface area contributed by atoms with Crippen LogP contribution >= 0.6 is 22.9 Å². The van der Waals surface area contributed by atoms with Gasteiger partial charge in [-0.2, -0.15) is 13.2 Å². The van der Waals surface area contributed by atoms with E-state index in [9.17, 15) is 33.4 Å². The lowest BCUT2D eigenvalue weighted by molar-refractivity contribution is -0.392. The number of nitrogens with one attached hydrogen (secondary N) is 1. The highest BCUT2D eigenvalue weighted by molar-refractivity contribution is 7.13. The van der Waals surface area contributed by atoms with Crippen LogP contribution in [0, 0.1) is 20.2 Å². The highest BCUT2D eigenvalue weighted by atomic mass is 35.5. The average Bonchev–Trinajstić information content (AvgIpc) is 3.15. The number of halogens is 4. The minimum Gasteiger partial charge on any atom is -0.373 e. The molecule has 3 aromatic rings. The topological polar surface area (TPSA) is 111 Å². The summed E-state index contributed by atoms with van der Waals surface area (Å²) in [6.45, 7) is -0.0221. The summed E-state index contributed by atoms with van der Waals surface area (Å²) in [6.07, 6.45) is -4.74. The average molecular weight is 473 g/mol. The van der Waals surface area contributed by atoms with Crippen LogP contribution in [0.25, 0.3) is 10.6 Å². The van der Waals surface area contributed by atoms with Crippen LogP contribution in [0.1, 0.15) is 11.3 Å². The van der Waals surface area contributed by atoms with Crippen LogP contribution < -0.4 is 5.32 Å². The molecule has 13 heteroatoms. The number of anilines is 1. The van der Waals surface area contributed by atoms with E-state index >= 15 is 0 Å². The number of hydrogen-bond donors (Lipinski definition) is 1. The van der Waals surface area contributed by atoms with Gasteiger partial charge >= 0.3 is 6.18 Å². The predicted octanol–water partition coefficient (Wildman–Crippen LogP) is 5.95. The van der Waals surface area contributed by atoms with E-state index in [2.05, 4.69) is 10.3 Å². The summed E-state index contributed by atoms with van der Waals surface area (Å²) >= 11 is 7.30. The second kappa shape index (κ2) is 8.86. The van der Waals surface area contributed by atoms with Crippen LogP contribution in [0.15, 0.2) is 41.8 Å². The van der Waals surface area contributed by atoms with Gasteiger partial charge in [0.05, 0.1) is 21.1 Å². The number of rotatable bonds is 7. The molecule has 0 amide bonds. The standard InChI is InChI=1S/C18H12ClF3N4O4S/c19-12-3-1-2-10(6-12)17-24-13(9-31-17)4-5-23-16-14(25(27)28)7-11(18(20,21)22)8-15(16)26(29)30/h1-3,6-9,23H,4-5H2. The molecule has 162 valence electrons. The van der Waals surface area contributed by atoms with Gasteiger partial charge in [0, 0.05) is 41.1 Å². The maximum absolute atomic E-state index is 13.0. The van der Waals surface area contributed by atoms with Crippen molar-refractivity contribution in [3.63, 3.8) is 0 Å². The smallest absolute Gasteiger partial charge is 0.373 e. The van der Waals surface area contributed by atoms with Crippen molar-refractivity contribution in [3.8, 4) is 10.6 Å². The van der Waals surface area contributed by atoms with E-state index in [-0.39, 0.29) is 25.1 Å². The van der Waals surface area contributed by atoms with Gasteiger partial charge in [0.1, 0.15) is 5.01 Å². The summed E-state index contributed by atoms with van der Waals surface area (Å²) in [5, 5.41) is 28.0. The van der Waals surface area contributed by atoms with Crippen molar-refractivity contribution in [2.24, 2.45) is 0 Å². The lowest BCUT2D eigenvalue weighted by atomic mass is 10.1. The zero-order valence-corrected chi connectivity index (χ0v) is 16.9. The van der Waals surface area contributed by atoms with Gasteiger partial charge < -0.3 is 5.32 Å². The Morgan fingerprint density at radius 1 is 1.10 bits per heavy atom. The maximum atomic E-state index is 13.0. The molecule has 0 fully saturated rings. The van der Waals surface area contributed by atoms with Crippen LogP contribution in [0.3, 0.4) is 0 Å². The maximum Gasteiger partial charge on any atom is 0.416 e. The summed E-state index contributed by atoms with van der Waals surface area (Å²) < 4.78 is 38.9. The number of aromatic nitrogens is 1. The predicted molar refractivity (Wildman–Crippen MR) is 110 cm³/mol. The van der Waals surface area contributed by atoms with Crippen LogP contribution in [-0.4, -0.2) is 21.4 Å². The van der Waals surface area contributed by atoms with E-state index in [1.54, 1.807) is 23.6 Å². The zero-order valence-electron chi connectivity index (χ0n) is 15.4. The van der Waals surface area contributed by atoms with Crippen LogP contribution in [0.5, 0.6) is 0 Å². The fourth-order valence-electron chi connectivity index (χ4n) is 2.74. The second-order valence-corrected chi connectivity index (χ2v) is 7.53. The molecule has 0 bridgehead atoms. The first-order chi connectivity index (χ1) is 14.6. The molecule has 2 aromatic carbocycles. The van der Waals surface area contributed by atoms with Crippen molar-refractivity contribution in [1.29, 1.82) is 0 Å². The monoisotopic (exact) mass is 472 g/mol. The van der Waals surface area contributed by atoms with Crippen molar-refractivity contribution < 1.29 is 23.0 Å². The Labute approximate surface area is 181 Å². The third kappa shape index (κ3) is 5.27. The number of nitro benzene ring substituents is 2. The summed E-state index contributed by atoms with van der Waals surface area (Å²) in [5.74, 6) is 0. The van der Waals surface area contributed by atoms with E-state index in [1.165, 1.54) is 11.3 Å². The molecule has 0 saturated carbocycles. The first kappa shape index (κ1) is 22.4. The second-order valence-electron chi connectivity index (χ2n) is 6.23. The number of alkyl halides is 3. The van der Waals surface area contributed by atoms with Gasteiger partial charge in [0.2, 0.25) is 0 Å². The molecular weight excluding hydrogens is 461 g/mol. The highest BCUT2D eigenvalue weighted by Gasteiger charge is 2.37. The molecule has 0 spiro atoms. The van der Waals surface area contributed by atoms with Crippen molar-refractivity contribution in [2.75, 3.05) is 11.9 Å². The molecule has 1 N–H and O–H groups in total. The largest absolute Gasteiger partial charge is 0.416 e. The zero-order chi connectivity index (χ0) is 22.8. The van der Waals surface area contributed by atoms with Gasteiger partial charge in [-0.15, -0.1) is 11.3 Å². The number of nitrogens with zero attached hydrogens (tertiary/aromatic N) is 3. The quantitative estimate of drug-likeness (QED) is 0.336.